The fourth-order valence-electron chi connectivity index (χ4n) is 3.00. The third-order valence-electron chi connectivity index (χ3n) is 4.38. The first kappa shape index (κ1) is 19.9. The van der Waals surface area contributed by atoms with Crippen molar-refractivity contribution >= 4 is 5.91 Å². The summed E-state index contributed by atoms with van der Waals surface area (Å²) in [6.07, 6.45) is 1.72. The number of hydrogen-bond acceptors (Lipinski definition) is 5. The van der Waals surface area contributed by atoms with Gasteiger partial charge in [-0.3, -0.25) is 4.79 Å². The molecule has 0 bridgehead atoms. The minimum absolute atomic E-state index is 0.00286. The van der Waals surface area contributed by atoms with Gasteiger partial charge in [-0.25, -0.2) is 9.97 Å². The van der Waals surface area contributed by atoms with Gasteiger partial charge >= 0.3 is 12.2 Å². The molecule has 1 aliphatic rings. The van der Waals surface area contributed by atoms with Crippen LogP contribution in [-0.2, 0) is 11.0 Å². The van der Waals surface area contributed by atoms with E-state index in [0.717, 1.165) is 37.8 Å². The second kappa shape index (κ2) is 8.90. The van der Waals surface area contributed by atoms with Crippen molar-refractivity contribution in [2.75, 3.05) is 6.61 Å². The molecule has 1 aromatic heterocycles. The predicted molar refractivity (Wildman–Crippen MR) is 93.8 cm³/mol. The quantitative estimate of drug-likeness (QED) is 0.812. The van der Waals surface area contributed by atoms with Crippen LogP contribution in [0.1, 0.15) is 31.2 Å². The van der Waals surface area contributed by atoms with Gasteiger partial charge in [0.1, 0.15) is 11.9 Å². The van der Waals surface area contributed by atoms with Gasteiger partial charge in [-0.15, -0.1) is 0 Å². The number of amides is 1. The largest absolute Gasteiger partial charge is 0.484 e. The van der Waals surface area contributed by atoms with Crippen molar-refractivity contribution in [3.8, 4) is 11.8 Å². The van der Waals surface area contributed by atoms with Crippen molar-refractivity contribution in [2.24, 2.45) is 0 Å². The Morgan fingerprint density at radius 3 is 2.50 bits per heavy atom. The summed E-state index contributed by atoms with van der Waals surface area (Å²) in [4.78, 5) is 20.1. The zero-order valence-corrected chi connectivity index (χ0v) is 15.0. The molecule has 28 heavy (non-hydrogen) atoms. The molecular weight excluding hydrogens is 375 g/mol. The Morgan fingerprint density at radius 1 is 1.11 bits per heavy atom. The van der Waals surface area contributed by atoms with Crippen molar-refractivity contribution in [2.45, 2.75) is 44.0 Å². The number of benzene rings is 1. The zero-order chi connectivity index (χ0) is 20.0. The number of ether oxygens (including phenoxy) is 2. The average molecular weight is 395 g/mol. The summed E-state index contributed by atoms with van der Waals surface area (Å²) in [7, 11) is 0. The van der Waals surface area contributed by atoms with Gasteiger partial charge in [0, 0.05) is 18.4 Å². The lowest BCUT2D eigenvalue weighted by Gasteiger charge is -2.28. The maximum Gasteiger partial charge on any atom is 0.416 e. The van der Waals surface area contributed by atoms with E-state index in [1.165, 1.54) is 12.1 Å². The Hall–Kier alpha value is -2.84. The van der Waals surface area contributed by atoms with E-state index in [0.29, 0.717) is 6.01 Å². The molecule has 150 valence electrons. The molecule has 0 spiro atoms. The molecule has 0 saturated heterocycles. The molecule has 1 amide bonds. The van der Waals surface area contributed by atoms with Gasteiger partial charge in [0.2, 0.25) is 0 Å². The van der Waals surface area contributed by atoms with Gasteiger partial charge in [0.05, 0.1) is 5.56 Å². The lowest BCUT2D eigenvalue weighted by atomic mass is 9.93. The van der Waals surface area contributed by atoms with E-state index in [1.807, 2.05) is 0 Å². The van der Waals surface area contributed by atoms with Crippen LogP contribution in [0.25, 0.3) is 0 Å². The number of rotatable bonds is 6. The van der Waals surface area contributed by atoms with E-state index in [9.17, 15) is 18.0 Å². The maximum atomic E-state index is 12.7. The molecule has 1 heterocycles. The van der Waals surface area contributed by atoms with Crippen LogP contribution >= 0.6 is 0 Å². The molecule has 1 N–H and O–H groups in total. The molecule has 1 aliphatic carbocycles. The molecule has 0 atom stereocenters. The van der Waals surface area contributed by atoms with Gasteiger partial charge in [-0.1, -0.05) is 6.07 Å². The molecule has 9 heteroatoms. The van der Waals surface area contributed by atoms with Crippen LogP contribution in [0.5, 0.6) is 11.8 Å². The zero-order valence-electron chi connectivity index (χ0n) is 15.0. The average Bonchev–Trinajstić information content (AvgIpc) is 2.68. The van der Waals surface area contributed by atoms with Crippen molar-refractivity contribution in [1.29, 1.82) is 0 Å². The molecule has 3 rings (SSSR count). The topological polar surface area (TPSA) is 73.3 Å². The first-order valence-corrected chi connectivity index (χ1v) is 8.93. The second-order valence-electron chi connectivity index (χ2n) is 6.50. The SMILES string of the molecule is O=C(COc1cccc(C(F)(F)F)c1)NC1CCC(Oc2ncccn2)CC1. The van der Waals surface area contributed by atoms with Gasteiger partial charge in [-0.2, -0.15) is 13.2 Å². The van der Waals surface area contributed by atoms with Gasteiger partial charge in [-0.05, 0) is 49.9 Å². The van der Waals surface area contributed by atoms with E-state index >= 15 is 0 Å². The normalized spacial score (nSPS) is 19.7. The van der Waals surface area contributed by atoms with E-state index in [-0.39, 0.29) is 30.4 Å². The summed E-state index contributed by atoms with van der Waals surface area (Å²) >= 11 is 0. The highest BCUT2D eigenvalue weighted by Crippen LogP contribution is 2.31. The number of hydrogen-bond donors (Lipinski definition) is 1. The van der Waals surface area contributed by atoms with Crippen molar-refractivity contribution < 1.29 is 27.4 Å². The smallest absolute Gasteiger partial charge is 0.416 e. The van der Waals surface area contributed by atoms with Crippen LogP contribution < -0.4 is 14.8 Å². The predicted octanol–water partition coefficient (Wildman–Crippen LogP) is 3.38. The molecule has 0 unspecified atom stereocenters. The Morgan fingerprint density at radius 2 is 1.82 bits per heavy atom. The minimum atomic E-state index is -4.45. The van der Waals surface area contributed by atoms with Crippen molar-refractivity contribution in [3.05, 3.63) is 48.3 Å². The molecule has 0 radical (unpaired) electrons. The molecule has 0 aliphatic heterocycles. The number of halogens is 3. The molecule has 2 aromatic rings. The summed E-state index contributed by atoms with van der Waals surface area (Å²) in [6, 6.07) is 6.49. The third-order valence-corrected chi connectivity index (χ3v) is 4.38. The highest BCUT2D eigenvalue weighted by molar-refractivity contribution is 5.77. The summed E-state index contributed by atoms with van der Waals surface area (Å²) in [5.41, 5.74) is -0.814. The summed E-state index contributed by atoms with van der Waals surface area (Å²) < 4.78 is 49.0. The van der Waals surface area contributed by atoms with Crippen LogP contribution in [0.2, 0.25) is 0 Å². The van der Waals surface area contributed by atoms with Crippen molar-refractivity contribution in [1.82, 2.24) is 15.3 Å². The molecule has 1 aromatic carbocycles. The van der Waals surface area contributed by atoms with Crippen LogP contribution in [0.4, 0.5) is 13.2 Å². The summed E-state index contributed by atoms with van der Waals surface area (Å²) in [5, 5.41) is 2.85. The lowest BCUT2D eigenvalue weighted by Crippen LogP contribution is -2.41. The fraction of sp³-hybridized carbons (Fsp3) is 0.421. The first-order chi connectivity index (χ1) is 13.4. The molecular formula is C19H20F3N3O3. The van der Waals surface area contributed by atoms with E-state index in [2.05, 4.69) is 15.3 Å². The number of nitrogens with zero attached hydrogens (tertiary/aromatic N) is 2. The van der Waals surface area contributed by atoms with Gasteiger partial charge in [0.15, 0.2) is 6.61 Å². The molecule has 1 saturated carbocycles. The standard InChI is InChI=1S/C19H20F3N3O3/c20-19(21,22)13-3-1-4-16(11-13)27-12-17(26)25-14-5-7-15(8-6-14)28-18-23-9-2-10-24-18/h1-4,9-11,14-15H,5-8,12H2,(H,25,26). The number of alkyl halides is 3. The molecule has 6 nitrogen and oxygen atoms in total. The minimum Gasteiger partial charge on any atom is -0.484 e. The third kappa shape index (κ3) is 5.83. The summed E-state index contributed by atoms with van der Waals surface area (Å²) in [6.45, 7) is -0.338. The lowest BCUT2D eigenvalue weighted by molar-refractivity contribution is -0.137. The highest BCUT2D eigenvalue weighted by Gasteiger charge is 2.30. The van der Waals surface area contributed by atoms with E-state index in [1.54, 1.807) is 18.5 Å². The number of nitrogens with one attached hydrogen (secondary N) is 1. The van der Waals surface area contributed by atoms with Gasteiger partial charge < -0.3 is 14.8 Å². The highest BCUT2D eigenvalue weighted by atomic mass is 19.4. The Kier molecular flexibility index (Phi) is 6.33. The van der Waals surface area contributed by atoms with E-state index in [4.69, 9.17) is 9.47 Å². The van der Waals surface area contributed by atoms with Crippen LogP contribution in [0.3, 0.4) is 0 Å². The van der Waals surface area contributed by atoms with Gasteiger partial charge in [0.25, 0.3) is 5.91 Å². The maximum absolute atomic E-state index is 12.7. The monoisotopic (exact) mass is 395 g/mol. The number of carbonyl (C=O) groups is 1. The first-order valence-electron chi connectivity index (χ1n) is 8.93. The van der Waals surface area contributed by atoms with Crippen LogP contribution in [0.15, 0.2) is 42.7 Å². The van der Waals surface area contributed by atoms with Crippen LogP contribution in [0, 0.1) is 0 Å². The Bertz CT molecular complexity index is 779. The Balaban J connectivity index is 1.40. The number of carbonyl (C=O) groups excluding carboxylic acids is 1. The van der Waals surface area contributed by atoms with Crippen molar-refractivity contribution in [3.63, 3.8) is 0 Å². The summed E-state index contributed by atoms with van der Waals surface area (Å²) in [5.74, 6) is -0.363. The van der Waals surface area contributed by atoms with Crippen LogP contribution in [-0.4, -0.2) is 34.6 Å². The fourth-order valence-corrected chi connectivity index (χ4v) is 3.00. The second-order valence-corrected chi connectivity index (χ2v) is 6.50. The van der Waals surface area contributed by atoms with E-state index < -0.39 is 11.7 Å². The number of aromatic nitrogens is 2. The Labute approximate surface area is 160 Å². The molecule has 1 fully saturated rings.